The van der Waals surface area contributed by atoms with Crippen molar-refractivity contribution in [1.29, 1.82) is 0 Å². The molecule has 0 spiro atoms. The number of ether oxygens (including phenoxy) is 1. The molecule has 1 aromatic rings. The quantitative estimate of drug-likeness (QED) is 0.650. The van der Waals surface area contributed by atoms with Crippen LogP contribution in [0.3, 0.4) is 0 Å². The van der Waals surface area contributed by atoms with Crippen molar-refractivity contribution in [2.45, 2.75) is 56.9 Å². The van der Waals surface area contributed by atoms with Crippen LogP contribution in [0.15, 0.2) is 36.9 Å². The minimum absolute atomic E-state index is 0.0229. The summed E-state index contributed by atoms with van der Waals surface area (Å²) < 4.78 is 40.8. The van der Waals surface area contributed by atoms with Gasteiger partial charge in [0.2, 0.25) is 0 Å². The number of benzene rings is 1. The number of hydrogen-bond donors (Lipinski definition) is 0. The average Bonchev–Trinajstić information content (AvgIpc) is 2.46. The SMILES string of the molecule is C=CC1(c2ccc(C(C)OC(F)(F)F)cc2)CCCCC1. The van der Waals surface area contributed by atoms with Gasteiger partial charge in [-0.15, -0.1) is 19.8 Å². The van der Waals surface area contributed by atoms with Crippen LogP contribution in [-0.2, 0) is 10.2 Å². The number of rotatable bonds is 4. The summed E-state index contributed by atoms with van der Waals surface area (Å²) in [6.45, 7) is 5.37. The first-order valence-electron chi connectivity index (χ1n) is 7.35. The van der Waals surface area contributed by atoms with Crippen molar-refractivity contribution in [1.82, 2.24) is 0 Å². The molecule has 1 fully saturated rings. The summed E-state index contributed by atoms with van der Waals surface area (Å²) >= 11 is 0. The van der Waals surface area contributed by atoms with Gasteiger partial charge in [0, 0.05) is 5.41 Å². The van der Waals surface area contributed by atoms with E-state index in [2.05, 4.69) is 11.3 Å². The summed E-state index contributed by atoms with van der Waals surface area (Å²) in [6, 6.07) is 7.29. The fourth-order valence-electron chi connectivity index (χ4n) is 3.15. The van der Waals surface area contributed by atoms with Crippen LogP contribution in [0.2, 0.25) is 0 Å². The van der Waals surface area contributed by atoms with E-state index in [-0.39, 0.29) is 5.41 Å². The molecule has 0 saturated heterocycles. The van der Waals surface area contributed by atoms with Crippen LogP contribution < -0.4 is 0 Å². The zero-order valence-electron chi connectivity index (χ0n) is 12.2. The molecule has 4 heteroatoms. The zero-order valence-corrected chi connectivity index (χ0v) is 12.2. The molecule has 1 unspecified atom stereocenters. The van der Waals surface area contributed by atoms with Crippen molar-refractivity contribution in [3.63, 3.8) is 0 Å². The van der Waals surface area contributed by atoms with Crippen molar-refractivity contribution >= 4 is 0 Å². The molecule has 2 rings (SSSR count). The first kappa shape index (κ1) is 16.1. The lowest BCUT2D eigenvalue weighted by Crippen LogP contribution is -2.26. The van der Waals surface area contributed by atoms with Gasteiger partial charge in [-0.1, -0.05) is 49.6 Å². The lowest BCUT2D eigenvalue weighted by atomic mass is 9.69. The molecule has 1 saturated carbocycles. The highest BCUT2D eigenvalue weighted by Gasteiger charge is 2.33. The molecule has 0 bridgehead atoms. The molecule has 1 aliphatic rings. The van der Waals surface area contributed by atoms with Gasteiger partial charge in [-0.05, 0) is 30.9 Å². The Bertz CT molecular complexity index is 470. The van der Waals surface area contributed by atoms with E-state index in [1.54, 1.807) is 12.1 Å². The molecule has 1 atom stereocenters. The van der Waals surface area contributed by atoms with E-state index in [1.165, 1.54) is 26.2 Å². The Hall–Kier alpha value is -1.29. The Labute approximate surface area is 123 Å². The molecule has 21 heavy (non-hydrogen) atoms. The molecule has 0 amide bonds. The van der Waals surface area contributed by atoms with Crippen LogP contribution in [-0.4, -0.2) is 6.36 Å². The summed E-state index contributed by atoms with van der Waals surface area (Å²) in [4.78, 5) is 0. The highest BCUT2D eigenvalue weighted by molar-refractivity contribution is 5.34. The van der Waals surface area contributed by atoms with Crippen molar-refractivity contribution < 1.29 is 17.9 Å². The van der Waals surface area contributed by atoms with E-state index in [1.807, 2.05) is 18.2 Å². The van der Waals surface area contributed by atoms with E-state index >= 15 is 0 Å². The zero-order chi connectivity index (χ0) is 15.5. The largest absolute Gasteiger partial charge is 0.523 e. The lowest BCUT2D eigenvalue weighted by Gasteiger charge is -2.35. The maximum absolute atomic E-state index is 12.2. The van der Waals surface area contributed by atoms with Crippen LogP contribution in [0.5, 0.6) is 0 Å². The minimum atomic E-state index is -4.61. The van der Waals surface area contributed by atoms with Crippen LogP contribution in [0.4, 0.5) is 13.2 Å². The van der Waals surface area contributed by atoms with Crippen LogP contribution in [0, 0.1) is 0 Å². The molecule has 0 aliphatic heterocycles. The van der Waals surface area contributed by atoms with Crippen molar-refractivity contribution in [3.8, 4) is 0 Å². The number of alkyl halides is 3. The molecular weight excluding hydrogens is 277 g/mol. The Morgan fingerprint density at radius 2 is 1.71 bits per heavy atom. The summed E-state index contributed by atoms with van der Waals surface area (Å²) in [6.07, 6.45) is 2.09. The first-order chi connectivity index (χ1) is 9.86. The average molecular weight is 298 g/mol. The molecule has 0 radical (unpaired) electrons. The summed E-state index contributed by atoms with van der Waals surface area (Å²) in [5.74, 6) is 0. The Kier molecular flexibility index (Phi) is 4.77. The molecule has 0 aromatic heterocycles. The fraction of sp³-hybridized carbons (Fsp3) is 0.529. The highest BCUT2D eigenvalue weighted by Crippen LogP contribution is 2.40. The van der Waals surface area contributed by atoms with Gasteiger partial charge < -0.3 is 0 Å². The summed E-state index contributed by atoms with van der Waals surface area (Å²) in [7, 11) is 0. The monoisotopic (exact) mass is 298 g/mol. The van der Waals surface area contributed by atoms with Crippen molar-refractivity contribution in [3.05, 3.63) is 48.0 Å². The lowest BCUT2D eigenvalue weighted by molar-refractivity contribution is -0.342. The standard InChI is InChI=1S/C17H21F3O/c1-3-16(11-5-4-6-12-16)15-9-7-14(8-10-15)13(2)21-17(18,19)20/h3,7-10,13H,1,4-6,11-12H2,2H3. The fourth-order valence-corrected chi connectivity index (χ4v) is 3.15. The number of halogens is 3. The summed E-state index contributed by atoms with van der Waals surface area (Å²) in [5, 5.41) is 0. The van der Waals surface area contributed by atoms with Gasteiger partial charge in [0.25, 0.3) is 0 Å². The van der Waals surface area contributed by atoms with Gasteiger partial charge in [-0.3, -0.25) is 4.74 Å². The molecule has 1 nitrogen and oxygen atoms in total. The maximum atomic E-state index is 12.2. The Morgan fingerprint density at radius 1 is 1.14 bits per heavy atom. The number of hydrogen-bond acceptors (Lipinski definition) is 1. The molecule has 1 aromatic carbocycles. The molecule has 1 aliphatic carbocycles. The van der Waals surface area contributed by atoms with Crippen molar-refractivity contribution in [2.75, 3.05) is 0 Å². The van der Waals surface area contributed by atoms with E-state index < -0.39 is 12.5 Å². The molecule has 0 N–H and O–H groups in total. The second-order valence-electron chi connectivity index (χ2n) is 5.75. The minimum Gasteiger partial charge on any atom is -0.284 e. The topological polar surface area (TPSA) is 9.23 Å². The van der Waals surface area contributed by atoms with Crippen LogP contribution in [0.25, 0.3) is 0 Å². The summed E-state index contributed by atoms with van der Waals surface area (Å²) in [5.41, 5.74) is 1.65. The third kappa shape index (κ3) is 3.88. The first-order valence-corrected chi connectivity index (χ1v) is 7.35. The van der Waals surface area contributed by atoms with Crippen LogP contribution >= 0.6 is 0 Å². The third-order valence-corrected chi connectivity index (χ3v) is 4.40. The van der Waals surface area contributed by atoms with Crippen molar-refractivity contribution in [2.24, 2.45) is 0 Å². The van der Waals surface area contributed by atoms with Gasteiger partial charge >= 0.3 is 6.36 Å². The van der Waals surface area contributed by atoms with E-state index in [0.29, 0.717) is 5.56 Å². The predicted molar refractivity (Wildman–Crippen MR) is 77.0 cm³/mol. The maximum Gasteiger partial charge on any atom is 0.523 e. The van der Waals surface area contributed by atoms with Gasteiger partial charge in [-0.25, -0.2) is 0 Å². The van der Waals surface area contributed by atoms with Gasteiger partial charge in [0.05, 0.1) is 6.10 Å². The van der Waals surface area contributed by atoms with E-state index in [9.17, 15) is 13.2 Å². The second-order valence-corrected chi connectivity index (χ2v) is 5.75. The molecule has 116 valence electrons. The van der Waals surface area contributed by atoms with Gasteiger partial charge in [0.1, 0.15) is 0 Å². The van der Waals surface area contributed by atoms with E-state index in [4.69, 9.17) is 0 Å². The number of allylic oxidation sites excluding steroid dienone is 1. The van der Waals surface area contributed by atoms with Gasteiger partial charge in [-0.2, -0.15) is 0 Å². The Morgan fingerprint density at radius 3 is 2.19 bits per heavy atom. The third-order valence-electron chi connectivity index (χ3n) is 4.40. The smallest absolute Gasteiger partial charge is 0.284 e. The van der Waals surface area contributed by atoms with E-state index in [0.717, 1.165) is 18.4 Å². The predicted octanol–water partition coefficient (Wildman–Crippen LogP) is 5.67. The highest BCUT2D eigenvalue weighted by atomic mass is 19.4. The molecular formula is C17H21F3O. The Balaban J connectivity index is 2.16. The van der Waals surface area contributed by atoms with Gasteiger partial charge in [0.15, 0.2) is 0 Å². The second kappa shape index (κ2) is 6.22. The van der Waals surface area contributed by atoms with Crippen LogP contribution in [0.1, 0.15) is 56.3 Å². The normalized spacial score (nSPS) is 20.0. The molecule has 0 heterocycles.